The highest BCUT2D eigenvalue weighted by Gasteiger charge is 2.33. The lowest BCUT2D eigenvalue weighted by Gasteiger charge is -2.34. The molecule has 0 aromatic heterocycles. The highest BCUT2D eigenvalue weighted by atomic mass is 28.3. The van der Waals surface area contributed by atoms with E-state index >= 15 is 0 Å². The van der Waals surface area contributed by atoms with E-state index in [0.29, 0.717) is 5.75 Å². The number of nitrogens with zero attached hydrogens (tertiary/aromatic N) is 1. The SMILES string of the molecule is C[C@H](CO)C1=C[C@H](C#C[Si](C)(C)C)N(C(=O)Oc2ccccc2)c2ccccc21. The molecule has 2 atom stereocenters. The van der Waals surface area contributed by atoms with Crippen molar-refractivity contribution >= 4 is 25.4 Å². The monoisotopic (exact) mass is 405 g/mol. The van der Waals surface area contributed by atoms with Gasteiger partial charge < -0.3 is 9.84 Å². The maximum Gasteiger partial charge on any atom is 0.421 e. The van der Waals surface area contributed by atoms with E-state index in [1.54, 1.807) is 17.0 Å². The summed E-state index contributed by atoms with van der Waals surface area (Å²) >= 11 is 0. The predicted molar refractivity (Wildman–Crippen MR) is 121 cm³/mol. The number of aliphatic hydroxyl groups is 1. The number of hydrogen-bond acceptors (Lipinski definition) is 3. The quantitative estimate of drug-likeness (QED) is 0.580. The third kappa shape index (κ3) is 4.97. The molecule has 0 bridgehead atoms. The van der Waals surface area contributed by atoms with E-state index in [4.69, 9.17) is 4.74 Å². The molecule has 5 heteroatoms. The van der Waals surface area contributed by atoms with Crippen LogP contribution in [-0.4, -0.2) is 31.9 Å². The fourth-order valence-corrected chi connectivity index (χ4v) is 3.77. The molecule has 1 aliphatic rings. The molecule has 0 spiro atoms. The van der Waals surface area contributed by atoms with E-state index in [1.807, 2.05) is 55.5 Å². The lowest BCUT2D eigenvalue weighted by Crippen LogP contribution is -2.43. The molecule has 1 aliphatic heterocycles. The Kier molecular flexibility index (Phi) is 6.26. The first-order valence-corrected chi connectivity index (χ1v) is 13.3. The lowest BCUT2D eigenvalue weighted by molar-refractivity contribution is 0.207. The van der Waals surface area contributed by atoms with Crippen LogP contribution >= 0.6 is 0 Å². The van der Waals surface area contributed by atoms with Crippen molar-refractivity contribution in [2.45, 2.75) is 32.6 Å². The van der Waals surface area contributed by atoms with Gasteiger partial charge in [-0.25, -0.2) is 4.79 Å². The Morgan fingerprint density at radius 1 is 1.14 bits per heavy atom. The minimum atomic E-state index is -1.65. The average Bonchev–Trinajstić information content (AvgIpc) is 2.70. The summed E-state index contributed by atoms with van der Waals surface area (Å²) in [5.74, 6) is 3.74. The number of para-hydroxylation sites is 2. The van der Waals surface area contributed by atoms with Crippen LogP contribution in [0.4, 0.5) is 10.5 Å². The molecule has 1 heterocycles. The summed E-state index contributed by atoms with van der Waals surface area (Å²) in [7, 11) is -1.65. The largest absolute Gasteiger partial charge is 0.421 e. The van der Waals surface area contributed by atoms with Gasteiger partial charge >= 0.3 is 6.09 Å². The van der Waals surface area contributed by atoms with E-state index in [1.165, 1.54) is 0 Å². The van der Waals surface area contributed by atoms with Crippen LogP contribution in [0.25, 0.3) is 5.57 Å². The van der Waals surface area contributed by atoms with Gasteiger partial charge in [-0.2, -0.15) is 0 Å². The lowest BCUT2D eigenvalue weighted by atomic mass is 9.88. The number of anilines is 1. The fraction of sp³-hybridized carbons (Fsp3) is 0.292. The zero-order chi connectivity index (χ0) is 21.0. The first kappa shape index (κ1) is 20.9. The zero-order valence-electron chi connectivity index (χ0n) is 17.3. The average molecular weight is 406 g/mol. The van der Waals surface area contributed by atoms with Gasteiger partial charge in [0.1, 0.15) is 19.9 Å². The van der Waals surface area contributed by atoms with Crippen LogP contribution in [0.5, 0.6) is 5.75 Å². The van der Waals surface area contributed by atoms with Gasteiger partial charge in [0.25, 0.3) is 0 Å². The van der Waals surface area contributed by atoms with E-state index in [0.717, 1.165) is 16.8 Å². The van der Waals surface area contributed by atoms with Crippen LogP contribution in [0.3, 0.4) is 0 Å². The number of aliphatic hydroxyl groups excluding tert-OH is 1. The Morgan fingerprint density at radius 2 is 1.79 bits per heavy atom. The molecule has 3 rings (SSSR count). The van der Waals surface area contributed by atoms with Crippen LogP contribution < -0.4 is 9.64 Å². The zero-order valence-corrected chi connectivity index (χ0v) is 18.3. The van der Waals surface area contributed by atoms with Gasteiger partial charge in [0.15, 0.2) is 0 Å². The van der Waals surface area contributed by atoms with E-state index < -0.39 is 20.2 Å². The van der Waals surface area contributed by atoms with E-state index in [9.17, 15) is 9.90 Å². The molecule has 1 amide bonds. The van der Waals surface area contributed by atoms with Crippen LogP contribution in [0.2, 0.25) is 19.6 Å². The molecule has 2 aromatic carbocycles. The number of carbonyl (C=O) groups excluding carboxylic acids is 1. The van der Waals surface area contributed by atoms with Gasteiger partial charge in [-0.1, -0.05) is 68.9 Å². The van der Waals surface area contributed by atoms with Crippen molar-refractivity contribution in [1.82, 2.24) is 0 Å². The first-order chi connectivity index (χ1) is 13.8. The van der Waals surface area contributed by atoms with Crippen molar-refractivity contribution in [3.63, 3.8) is 0 Å². The fourth-order valence-electron chi connectivity index (χ4n) is 3.19. The van der Waals surface area contributed by atoms with Crippen LogP contribution in [-0.2, 0) is 0 Å². The third-order valence-electron chi connectivity index (χ3n) is 4.64. The predicted octanol–water partition coefficient (Wildman–Crippen LogP) is 4.97. The molecule has 0 saturated heterocycles. The van der Waals surface area contributed by atoms with Crippen LogP contribution in [0.1, 0.15) is 12.5 Å². The molecule has 0 radical (unpaired) electrons. The summed E-state index contributed by atoms with van der Waals surface area (Å²) < 4.78 is 5.65. The summed E-state index contributed by atoms with van der Waals surface area (Å²) in [6.07, 6.45) is 1.52. The molecule has 2 aromatic rings. The third-order valence-corrected chi connectivity index (χ3v) is 5.53. The summed E-state index contributed by atoms with van der Waals surface area (Å²) in [4.78, 5) is 14.8. The van der Waals surface area contributed by atoms with Gasteiger partial charge in [-0.3, -0.25) is 4.90 Å². The maximum absolute atomic E-state index is 13.2. The van der Waals surface area contributed by atoms with Crippen molar-refractivity contribution in [2.24, 2.45) is 5.92 Å². The summed E-state index contributed by atoms with van der Waals surface area (Å²) in [6.45, 7) is 8.52. The second-order valence-corrected chi connectivity index (χ2v) is 13.0. The van der Waals surface area contributed by atoms with Gasteiger partial charge in [0, 0.05) is 18.1 Å². The summed E-state index contributed by atoms with van der Waals surface area (Å²) in [5.41, 5.74) is 6.06. The Balaban J connectivity index is 2.08. The van der Waals surface area contributed by atoms with E-state index in [2.05, 4.69) is 31.1 Å². The van der Waals surface area contributed by atoms with Gasteiger partial charge in [-0.15, -0.1) is 5.54 Å². The molecule has 0 saturated carbocycles. The molecular weight excluding hydrogens is 378 g/mol. The standard InChI is InChI=1S/C24H27NO3Si/c1-18(17-26)22-16-19(14-15-29(2,3)4)25(23-13-9-8-12-21(22)23)24(27)28-20-10-6-5-7-11-20/h5-13,16,18-19,26H,17H2,1-4H3/t18-,19+/m1/s1. The number of carbonyl (C=O) groups is 1. The number of rotatable bonds is 3. The Hall–Kier alpha value is -2.81. The molecule has 1 N–H and O–H groups in total. The number of ether oxygens (including phenoxy) is 1. The van der Waals surface area contributed by atoms with Crippen molar-refractivity contribution in [2.75, 3.05) is 11.5 Å². The maximum atomic E-state index is 13.2. The minimum Gasteiger partial charge on any atom is -0.410 e. The van der Waals surface area contributed by atoms with Crippen molar-refractivity contribution in [1.29, 1.82) is 0 Å². The van der Waals surface area contributed by atoms with Crippen molar-refractivity contribution in [3.8, 4) is 17.2 Å². The topological polar surface area (TPSA) is 49.8 Å². The highest BCUT2D eigenvalue weighted by molar-refractivity contribution is 6.83. The number of hydrogen-bond donors (Lipinski definition) is 1. The normalized spacial score (nSPS) is 16.8. The van der Waals surface area contributed by atoms with E-state index in [-0.39, 0.29) is 12.5 Å². The van der Waals surface area contributed by atoms with Gasteiger partial charge in [-0.05, 0) is 29.8 Å². The molecular formula is C24H27NO3Si. The Morgan fingerprint density at radius 3 is 2.45 bits per heavy atom. The highest BCUT2D eigenvalue weighted by Crippen LogP contribution is 2.38. The second-order valence-electron chi connectivity index (χ2n) is 8.24. The molecule has 150 valence electrons. The number of benzene rings is 2. The molecule has 0 fully saturated rings. The Labute approximate surface area is 173 Å². The van der Waals surface area contributed by atoms with Gasteiger partial charge in [0.2, 0.25) is 0 Å². The van der Waals surface area contributed by atoms with Crippen molar-refractivity contribution < 1.29 is 14.6 Å². The molecule has 4 nitrogen and oxygen atoms in total. The van der Waals surface area contributed by atoms with Crippen molar-refractivity contribution in [3.05, 3.63) is 66.2 Å². The molecule has 0 unspecified atom stereocenters. The first-order valence-electron chi connectivity index (χ1n) is 9.81. The van der Waals surface area contributed by atoms with Gasteiger partial charge in [0.05, 0.1) is 5.69 Å². The minimum absolute atomic E-state index is 0.0306. The number of fused-ring (bicyclic) bond motifs is 1. The van der Waals surface area contributed by atoms with Crippen LogP contribution in [0.15, 0.2) is 60.7 Å². The second kappa shape index (κ2) is 8.69. The summed E-state index contributed by atoms with van der Waals surface area (Å²) in [5, 5.41) is 9.75. The van der Waals surface area contributed by atoms with Crippen LogP contribution in [0, 0.1) is 17.4 Å². The molecule has 0 aliphatic carbocycles. The molecule has 29 heavy (non-hydrogen) atoms. The number of amides is 1. The summed E-state index contributed by atoms with van der Waals surface area (Å²) in [6, 6.07) is 16.3. The smallest absolute Gasteiger partial charge is 0.410 e. The Bertz CT molecular complexity index is 967.